The molecule has 1 saturated heterocycles. The number of unbranched alkanes of at least 4 members (excludes halogenated alkanes) is 1. The van der Waals surface area contributed by atoms with E-state index >= 15 is 0 Å². The topological polar surface area (TPSA) is 73.6 Å². The number of carboxylic acid groups (broad SMARTS) is 1. The highest BCUT2D eigenvalue weighted by molar-refractivity contribution is 5.67. The molecule has 0 spiro atoms. The Labute approximate surface area is 89.2 Å². The molecule has 5 heteroatoms. The molecule has 0 radical (unpaired) electrons. The number of ether oxygens (including phenoxy) is 1. The summed E-state index contributed by atoms with van der Waals surface area (Å²) in [5, 5.41) is 17.0. The smallest absolute Gasteiger partial charge is 0.306 e. The predicted molar refractivity (Wildman–Crippen MR) is 53.3 cm³/mol. The summed E-state index contributed by atoms with van der Waals surface area (Å²) in [6.07, 6.45) is 1.27. The van der Waals surface area contributed by atoms with Crippen LogP contribution < -0.4 is 0 Å². The van der Waals surface area contributed by atoms with Crippen LogP contribution >= 0.6 is 0 Å². The van der Waals surface area contributed by atoms with Gasteiger partial charge in [0.05, 0.1) is 25.2 Å². The Kier molecular flexibility index (Phi) is 5.08. The summed E-state index contributed by atoms with van der Waals surface area (Å²) in [5.41, 5.74) is 0. The van der Waals surface area contributed by atoms with Gasteiger partial charge in [0.2, 0.25) is 0 Å². The highest BCUT2D eigenvalue weighted by Gasteiger charge is 2.21. The van der Waals surface area contributed by atoms with Crippen LogP contribution in [0.4, 0.5) is 0 Å². The summed E-state index contributed by atoms with van der Waals surface area (Å²) >= 11 is 0. The average molecular weight is 212 g/mol. The van der Waals surface area contributed by atoms with E-state index in [0.29, 0.717) is 19.6 Å². The van der Waals surface area contributed by atoms with Gasteiger partial charge in [-0.2, -0.15) is 5.26 Å². The molecule has 0 bridgehead atoms. The lowest BCUT2D eigenvalue weighted by Crippen LogP contribution is -2.43. The number of rotatable bonds is 5. The molecule has 1 heterocycles. The normalized spacial score (nSPS) is 22.2. The van der Waals surface area contributed by atoms with Crippen molar-refractivity contribution in [1.29, 1.82) is 5.26 Å². The molecule has 0 aliphatic carbocycles. The first-order chi connectivity index (χ1) is 7.22. The Balaban J connectivity index is 2.23. The standard InChI is InChI=1S/C10H16N2O3/c11-3-1-2-4-12-5-6-15-9(8-12)7-10(13)14/h9H,1-2,4-8H2,(H,13,14). The van der Waals surface area contributed by atoms with E-state index in [2.05, 4.69) is 11.0 Å². The van der Waals surface area contributed by atoms with Crippen LogP contribution in [0.2, 0.25) is 0 Å². The summed E-state index contributed by atoms with van der Waals surface area (Å²) in [7, 11) is 0. The van der Waals surface area contributed by atoms with Crippen LogP contribution in [0.5, 0.6) is 0 Å². The van der Waals surface area contributed by atoms with Crippen molar-refractivity contribution in [3.05, 3.63) is 0 Å². The maximum Gasteiger partial charge on any atom is 0.306 e. The van der Waals surface area contributed by atoms with Crippen molar-refractivity contribution in [2.45, 2.75) is 25.4 Å². The monoisotopic (exact) mass is 212 g/mol. The molecule has 1 aliphatic rings. The van der Waals surface area contributed by atoms with Crippen molar-refractivity contribution in [2.24, 2.45) is 0 Å². The van der Waals surface area contributed by atoms with Gasteiger partial charge in [0.15, 0.2) is 0 Å². The number of aliphatic carboxylic acids is 1. The Bertz CT molecular complexity index is 250. The van der Waals surface area contributed by atoms with Gasteiger partial charge in [0.1, 0.15) is 0 Å². The summed E-state index contributed by atoms with van der Waals surface area (Å²) in [6, 6.07) is 2.10. The van der Waals surface area contributed by atoms with Gasteiger partial charge in [-0.15, -0.1) is 0 Å². The number of carboxylic acids is 1. The van der Waals surface area contributed by atoms with Gasteiger partial charge in [-0.1, -0.05) is 0 Å². The highest BCUT2D eigenvalue weighted by Crippen LogP contribution is 2.09. The largest absolute Gasteiger partial charge is 0.481 e. The second-order valence-corrected chi connectivity index (χ2v) is 3.65. The first-order valence-electron chi connectivity index (χ1n) is 5.15. The minimum atomic E-state index is -0.820. The SMILES string of the molecule is N#CCCCN1CCOC(CC(=O)O)C1. The number of morpholine rings is 1. The molecule has 15 heavy (non-hydrogen) atoms. The van der Waals surface area contributed by atoms with Crippen LogP contribution in [0.3, 0.4) is 0 Å². The second-order valence-electron chi connectivity index (χ2n) is 3.65. The maximum atomic E-state index is 10.5. The van der Waals surface area contributed by atoms with E-state index < -0.39 is 5.97 Å². The zero-order valence-corrected chi connectivity index (χ0v) is 8.69. The van der Waals surface area contributed by atoms with E-state index in [1.807, 2.05) is 0 Å². The molecule has 1 N–H and O–H groups in total. The first kappa shape index (κ1) is 12.0. The molecule has 0 aromatic rings. The zero-order valence-electron chi connectivity index (χ0n) is 8.69. The molecule has 1 fully saturated rings. The van der Waals surface area contributed by atoms with Crippen LogP contribution in [0.15, 0.2) is 0 Å². The van der Waals surface area contributed by atoms with Crippen molar-refractivity contribution in [2.75, 3.05) is 26.2 Å². The summed E-state index contributed by atoms with van der Waals surface area (Å²) in [6.45, 7) is 2.94. The Morgan fingerprint density at radius 2 is 2.47 bits per heavy atom. The van der Waals surface area contributed by atoms with E-state index in [1.54, 1.807) is 0 Å². The van der Waals surface area contributed by atoms with Gasteiger partial charge < -0.3 is 9.84 Å². The van der Waals surface area contributed by atoms with Crippen molar-refractivity contribution < 1.29 is 14.6 Å². The fourth-order valence-electron chi connectivity index (χ4n) is 1.68. The minimum Gasteiger partial charge on any atom is -0.481 e. The van der Waals surface area contributed by atoms with Gasteiger partial charge in [-0.3, -0.25) is 9.69 Å². The summed E-state index contributed by atoms with van der Waals surface area (Å²) in [4.78, 5) is 12.7. The third-order valence-corrected chi connectivity index (χ3v) is 2.39. The fourth-order valence-corrected chi connectivity index (χ4v) is 1.68. The number of nitrogens with zero attached hydrogens (tertiary/aromatic N) is 2. The second kappa shape index (κ2) is 6.38. The molecular weight excluding hydrogens is 196 g/mol. The van der Waals surface area contributed by atoms with E-state index in [4.69, 9.17) is 15.1 Å². The van der Waals surface area contributed by atoms with E-state index in [9.17, 15) is 4.79 Å². The number of hydrogen-bond acceptors (Lipinski definition) is 4. The molecular formula is C10H16N2O3. The van der Waals surface area contributed by atoms with E-state index in [1.165, 1.54) is 0 Å². The Hall–Kier alpha value is -1.12. The molecule has 0 amide bonds. The number of carbonyl (C=O) groups is 1. The van der Waals surface area contributed by atoms with Gasteiger partial charge in [-0.25, -0.2) is 0 Å². The van der Waals surface area contributed by atoms with Crippen molar-refractivity contribution in [3.63, 3.8) is 0 Å². The van der Waals surface area contributed by atoms with Crippen LogP contribution in [0.1, 0.15) is 19.3 Å². The fraction of sp³-hybridized carbons (Fsp3) is 0.800. The number of nitriles is 1. The third kappa shape index (κ3) is 4.77. The molecule has 1 atom stereocenters. The van der Waals surface area contributed by atoms with Gasteiger partial charge in [-0.05, 0) is 13.0 Å². The Morgan fingerprint density at radius 3 is 3.13 bits per heavy atom. The van der Waals surface area contributed by atoms with Gasteiger partial charge in [0, 0.05) is 19.5 Å². The van der Waals surface area contributed by atoms with Crippen LogP contribution in [-0.4, -0.2) is 48.3 Å². The quantitative estimate of drug-likeness (QED) is 0.670. The van der Waals surface area contributed by atoms with Crippen molar-refractivity contribution in [3.8, 4) is 6.07 Å². The first-order valence-corrected chi connectivity index (χ1v) is 5.15. The molecule has 84 valence electrons. The van der Waals surface area contributed by atoms with Crippen LogP contribution in [0, 0.1) is 11.3 Å². The maximum absolute atomic E-state index is 10.5. The summed E-state index contributed by atoms with van der Waals surface area (Å²) in [5.74, 6) is -0.820. The molecule has 5 nitrogen and oxygen atoms in total. The molecule has 1 rings (SSSR count). The van der Waals surface area contributed by atoms with E-state index in [-0.39, 0.29) is 12.5 Å². The minimum absolute atomic E-state index is 0.0642. The predicted octanol–water partition coefficient (Wildman–Crippen LogP) is 0.466. The lowest BCUT2D eigenvalue weighted by Gasteiger charge is -2.32. The van der Waals surface area contributed by atoms with Crippen LogP contribution in [-0.2, 0) is 9.53 Å². The highest BCUT2D eigenvalue weighted by atomic mass is 16.5. The number of hydrogen-bond donors (Lipinski definition) is 1. The lowest BCUT2D eigenvalue weighted by atomic mass is 10.2. The molecule has 0 saturated carbocycles. The lowest BCUT2D eigenvalue weighted by molar-refractivity contribution is -0.142. The molecule has 0 aromatic heterocycles. The van der Waals surface area contributed by atoms with Gasteiger partial charge >= 0.3 is 5.97 Å². The summed E-state index contributed by atoms with van der Waals surface area (Å²) < 4.78 is 5.34. The van der Waals surface area contributed by atoms with Gasteiger partial charge in [0.25, 0.3) is 0 Å². The molecule has 0 aromatic carbocycles. The Morgan fingerprint density at radius 1 is 1.67 bits per heavy atom. The third-order valence-electron chi connectivity index (χ3n) is 2.39. The van der Waals surface area contributed by atoms with Crippen LogP contribution in [0.25, 0.3) is 0 Å². The average Bonchev–Trinajstić information content (AvgIpc) is 2.18. The van der Waals surface area contributed by atoms with Crippen molar-refractivity contribution >= 4 is 5.97 Å². The zero-order chi connectivity index (χ0) is 11.1. The molecule has 1 unspecified atom stereocenters. The van der Waals surface area contributed by atoms with Crippen molar-refractivity contribution in [1.82, 2.24) is 4.90 Å². The molecule has 1 aliphatic heterocycles. The van der Waals surface area contributed by atoms with E-state index in [0.717, 1.165) is 19.5 Å².